The summed E-state index contributed by atoms with van der Waals surface area (Å²) in [4.78, 5) is 18.1. The van der Waals surface area contributed by atoms with Gasteiger partial charge < -0.3 is 19.5 Å². The first-order valence-electron chi connectivity index (χ1n) is 15.5. The molecule has 0 radical (unpaired) electrons. The van der Waals surface area contributed by atoms with E-state index in [1.165, 1.54) is 18.2 Å². The van der Waals surface area contributed by atoms with Gasteiger partial charge in [-0.3, -0.25) is 9.88 Å². The molecule has 4 fully saturated rings. The standard InChI is InChI=1S/C33H34F3N5O3/c1-2-22-25(35)5-4-19-12-21(42)13-23(26(19)22)28-27(36)29-24(15-37-28)30(40-10-7-33(17-40)8-11-44-33)39-31(38-29)43-18-32-6-3-9-41(32)16-20(34)14-32/h4-5,12-13,15,20,42H,2-3,6-11,14,16-18H2,1H3/t20-,32+,33?/m1/s1. The number of benzene rings is 2. The summed E-state index contributed by atoms with van der Waals surface area (Å²) in [6, 6.07) is 5.89. The number of hydrogen-bond acceptors (Lipinski definition) is 8. The van der Waals surface area contributed by atoms with Gasteiger partial charge in [0.15, 0.2) is 5.82 Å². The average Bonchev–Trinajstić information content (AvgIpc) is 3.69. The average molecular weight is 606 g/mol. The molecule has 1 N–H and O–H groups in total. The number of hydrogen-bond donors (Lipinski definition) is 1. The van der Waals surface area contributed by atoms with E-state index in [4.69, 9.17) is 14.5 Å². The molecule has 44 heavy (non-hydrogen) atoms. The molecule has 6 heterocycles. The van der Waals surface area contributed by atoms with Crippen molar-refractivity contribution in [2.45, 2.75) is 62.8 Å². The Labute approximate surface area is 252 Å². The van der Waals surface area contributed by atoms with E-state index < -0.39 is 23.3 Å². The number of phenols is 1. The van der Waals surface area contributed by atoms with Gasteiger partial charge in [-0.15, -0.1) is 0 Å². The number of pyridine rings is 1. The summed E-state index contributed by atoms with van der Waals surface area (Å²) < 4.78 is 58.3. The fourth-order valence-corrected chi connectivity index (χ4v) is 7.93. The van der Waals surface area contributed by atoms with Crippen molar-refractivity contribution in [3.05, 3.63) is 47.7 Å². The predicted octanol–water partition coefficient (Wildman–Crippen LogP) is 5.72. The van der Waals surface area contributed by atoms with Crippen LogP contribution in [0.4, 0.5) is 19.0 Å². The molecule has 230 valence electrons. The molecule has 8 nitrogen and oxygen atoms in total. The molecular formula is C33H34F3N5O3. The van der Waals surface area contributed by atoms with Gasteiger partial charge in [0.05, 0.1) is 23.1 Å². The number of aromatic nitrogens is 3. The summed E-state index contributed by atoms with van der Waals surface area (Å²) in [6.07, 6.45) is 4.98. The molecule has 8 rings (SSSR count). The number of phenolic OH excluding ortho intramolecular Hbond substituents is 1. The van der Waals surface area contributed by atoms with Gasteiger partial charge in [-0.1, -0.05) is 13.0 Å². The number of halogens is 3. The van der Waals surface area contributed by atoms with Crippen LogP contribution in [0.3, 0.4) is 0 Å². The highest BCUT2D eigenvalue weighted by molar-refractivity contribution is 6.01. The van der Waals surface area contributed by atoms with Gasteiger partial charge in [0.25, 0.3) is 0 Å². The summed E-state index contributed by atoms with van der Waals surface area (Å²) in [5.74, 6) is -0.696. The Morgan fingerprint density at radius 3 is 2.77 bits per heavy atom. The largest absolute Gasteiger partial charge is 0.508 e. The van der Waals surface area contributed by atoms with Crippen molar-refractivity contribution in [2.75, 3.05) is 44.3 Å². The third-order valence-corrected chi connectivity index (χ3v) is 10.2. The third kappa shape index (κ3) is 4.30. The zero-order valence-electron chi connectivity index (χ0n) is 24.6. The Kier molecular flexibility index (Phi) is 6.43. The van der Waals surface area contributed by atoms with E-state index in [2.05, 4.69) is 19.8 Å². The smallest absolute Gasteiger partial charge is 0.319 e. The van der Waals surface area contributed by atoms with Gasteiger partial charge in [0.1, 0.15) is 41.4 Å². The molecule has 4 saturated heterocycles. The zero-order valence-corrected chi connectivity index (χ0v) is 24.6. The van der Waals surface area contributed by atoms with Crippen LogP contribution in [0.2, 0.25) is 0 Å². The fraction of sp³-hybridized carbons (Fsp3) is 0.485. The van der Waals surface area contributed by atoms with Crippen molar-refractivity contribution in [2.24, 2.45) is 0 Å². The third-order valence-electron chi connectivity index (χ3n) is 10.2. The highest BCUT2D eigenvalue weighted by Crippen LogP contribution is 2.43. The molecule has 4 aliphatic rings. The Morgan fingerprint density at radius 2 is 2.00 bits per heavy atom. The molecule has 2 aromatic carbocycles. The van der Waals surface area contributed by atoms with E-state index in [1.807, 2.05) is 6.92 Å². The van der Waals surface area contributed by atoms with E-state index in [-0.39, 0.29) is 40.7 Å². The first kappa shape index (κ1) is 27.8. The van der Waals surface area contributed by atoms with Crippen LogP contribution in [0.25, 0.3) is 32.9 Å². The molecule has 3 atom stereocenters. The Balaban J connectivity index is 1.26. The lowest BCUT2D eigenvalue weighted by Crippen LogP contribution is -2.46. The molecule has 4 aliphatic heterocycles. The molecule has 2 aromatic heterocycles. The lowest BCUT2D eigenvalue weighted by atomic mass is 9.94. The van der Waals surface area contributed by atoms with Gasteiger partial charge in [0.2, 0.25) is 0 Å². The molecule has 4 aromatic rings. The maximum atomic E-state index is 16.7. The summed E-state index contributed by atoms with van der Waals surface area (Å²) in [6.45, 7) is 5.26. The Bertz CT molecular complexity index is 1800. The normalized spacial score (nSPS) is 26.6. The first-order chi connectivity index (χ1) is 21.3. The van der Waals surface area contributed by atoms with Crippen molar-refractivity contribution in [3.63, 3.8) is 0 Å². The number of rotatable bonds is 6. The number of alkyl halides is 1. The highest BCUT2D eigenvalue weighted by Gasteiger charge is 2.50. The van der Waals surface area contributed by atoms with Crippen LogP contribution in [0, 0.1) is 11.6 Å². The number of aromatic hydroxyl groups is 1. The van der Waals surface area contributed by atoms with Crippen LogP contribution in [0.1, 0.15) is 44.6 Å². The maximum absolute atomic E-state index is 16.7. The fourth-order valence-electron chi connectivity index (χ4n) is 7.93. The Morgan fingerprint density at radius 1 is 1.14 bits per heavy atom. The van der Waals surface area contributed by atoms with Gasteiger partial charge in [0, 0.05) is 44.2 Å². The molecule has 1 spiro atoms. The summed E-state index contributed by atoms with van der Waals surface area (Å²) in [5.41, 5.74) is 0.0182. The first-order valence-corrected chi connectivity index (χ1v) is 15.5. The molecule has 0 bridgehead atoms. The number of fused-ring (bicyclic) bond motifs is 3. The summed E-state index contributed by atoms with van der Waals surface area (Å²) in [7, 11) is 0. The molecule has 11 heteroatoms. The summed E-state index contributed by atoms with van der Waals surface area (Å²) in [5, 5.41) is 12.0. The van der Waals surface area contributed by atoms with Crippen LogP contribution in [-0.4, -0.2) is 81.7 Å². The van der Waals surface area contributed by atoms with Crippen LogP contribution in [-0.2, 0) is 11.2 Å². The topological polar surface area (TPSA) is 83.8 Å². The van der Waals surface area contributed by atoms with Crippen LogP contribution < -0.4 is 9.64 Å². The minimum absolute atomic E-state index is 0.0172. The molecule has 0 aliphatic carbocycles. The second-order valence-electron chi connectivity index (χ2n) is 12.8. The number of anilines is 1. The van der Waals surface area contributed by atoms with Crippen LogP contribution >= 0.6 is 0 Å². The van der Waals surface area contributed by atoms with Crippen molar-refractivity contribution in [1.29, 1.82) is 0 Å². The predicted molar refractivity (Wildman–Crippen MR) is 160 cm³/mol. The molecule has 1 unspecified atom stereocenters. The number of ether oxygens (including phenoxy) is 2. The van der Waals surface area contributed by atoms with E-state index >= 15 is 4.39 Å². The minimum atomic E-state index is -0.906. The van der Waals surface area contributed by atoms with Crippen molar-refractivity contribution in [3.8, 4) is 23.0 Å². The van der Waals surface area contributed by atoms with Crippen molar-refractivity contribution < 1.29 is 27.8 Å². The van der Waals surface area contributed by atoms with Gasteiger partial charge in [-0.2, -0.15) is 9.97 Å². The van der Waals surface area contributed by atoms with E-state index in [9.17, 15) is 13.9 Å². The van der Waals surface area contributed by atoms with E-state index in [0.717, 1.165) is 38.8 Å². The highest BCUT2D eigenvalue weighted by atomic mass is 19.1. The molecular weight excluding hydrogens is 571 g/mol. The van der Waals surface area contributed by atoms with Gasteiger partial charge in [-0.25, -0.2) is 13.2 Å². The Hall–Kier alpha value is -3.70. The zero-order chi connectivity index (χ0) is 30.2. The lowest BCUT2D eigenvalue weighted by Gasteiger charge is -2.38. The van der Waals surface area contributed by atoms with E-state index in [1.54, 1.807) is 12.3 Å². The second kappa shape index (κ2) is 10.2. The van der Waals surface area contributed by atoms with Crippen molar-refractivity contribution in [1.82, 2.24) is 19.9 Å². The number of aryl methyl sites for hydroxylation is 1. The van der Waals surface area contributed by atoms with Crippen LogP contribution in [0.15, 0.2) is 30.5 Å². The number of nitrogens with zero attached hydrogens (tertiary/aromatic N) is 5. The quantitative estimate of drug-likeness (QED) is 0.299. The summed E-state index contributed by atoms with van der Waals surface area (Å²) >= 11 is 0. The van der Waals surface area contributed by atoms with Crippen LogP contribution in [0.5, 0.6) is 11.8 Å². The molecule has 0 amide bonds. The molecule has 0 saturated carbocycles. The SMILES string of the molecule is CCc1c(F)ccc2cc(O)cc(-c3ncc4c(N5CCC6(CCO6)C5)nc(OC[C@@]56CCCN5C[C@H](F)C6)nc4c3F)c12. The minimum Gasteiger partial charge on any atom is -0.508 e. The second-order valence-corrected chi connectivity index (χ2v) is 12.8. The van der Waals surface area contributed by atoms with Gasteiger partial charge in [-0.05, 0) is 66.8 Å². The maximum Gasteiger partial charge on any atom is 0.319 e. The van der Waals surface area contributed by atoms with Gasteiger partial charge >= 0.3 is 6.01 Å². The van der Waals surface area contributed by atoms with E-state index in [0.29, 0.717) is 60.0 Å². The lowest BCUT2D eigenvalue weighted by molar-refractivity contribution is -0.130. The van der Waals surface area contributed by atoms with Crippen molar-refractivity contribution >= 4 is 27.5 Å². The monoisotopic (exact) mass is 605 g/mol.